The zero-order chi connectivity index (χ0) is 15.1. The summed E-state index contributed by atoms with van der Waals surface area (Å²) in [5.74, 6) is 0. The molecule has 3 rings (SSSR count). The van der Waals surface area contributed by atoms with Gasteiger partial charge in [0.25, 0.3) is 0 Å². The van der Waals surface area contributed by atoms with Crippen LogP contribution in [0, 0.1) is 0 Å². The summed E-state index contributed by atoms with van der Waals surface area (Å²) in [7, 11) is 6.82. The Morgan fingerprint density at radius 3 is 2.05 bits per heavy atom. The van der Waals surface area contributed by atoms with Crippen LogP contribution in [0.3, 0.4) is 0 Å². The lowest BCUT2D eigenvalue weighted by Crippen LogP contribution is -2.14. The molecule has 0 saturated heterocycles. The second-order valence-corrected chi connectivity index (χ2v) is 6.96. The van der Waals surface area contributed by atoms with Crippen molar-refractivity contribution < 1.29 is 4.21 Å². The highest BCUT2D eigenvalue weighted by Crippen LogP contribution is 2.39. The van der Waals surface area contributed by atoms with E-state index < -0.39 is 10.8 Å². The predicted octanol–water partition coefficient (Wildman–Crippen LogP) is 3.46. The Kier molecular flexibility index (Phi) is 4.68. The Bertz CT molecular complexity index is 731. The summed E-state index contributed by atoms with van der Waals surface area (Å²) in [6.07, 6.45) is 0. The Labute approximate surface area is 140 Å². The van der Waals surface area contributed by atoms with Crippen molar-refractivity contribution in [3.05, 3.63) is 36.4 Å². The van der Waals surface area contributed by atoms with Crippen molar-refractivity contribution in [2.75, 3.05) is 43.3 Å². The fourth-order valence-electron chi connectivity index (χ4n) is 2.36. The molecule has 1 N–H and O–H groups in total. The first kappa shape index (κ1) is 16.6. The van der Waals surface area contributed by atoms with E-state index in [-0.39, 0.29) is 12.4 Å². The molecule has 0 aliphatic carbocycles. The molecule has 0 fully saturated rings. The van der Waals surface area contributed by atoms with Gasteiger partial charge in [0.1, 0.15) is 0 Å². The first-order valence-electron chi connectivity index (χ1n) is 6.79. The lowest BCUT2D eigenvalue weighted by Gasteiger charge is -2.24. The van der Waals surface area contributed by atoms with Gasteiger partial charge in [-0.15, -0.1) is 12.4 Å². The number of halogens is 1. The molecule has 2 aromatic rings. The number of fused-ring (bicyclic) bond motifs is 2. The van der Waals surface area contributed by atoms with Crippen LogP contribution in [0.1, 0.15) is 0 Å². The van der Waals surface area contributed by atoms with Gasteiger partial charge in [-0.05, 0) is 36.4 Å². The van der Waals surface area contributed by atoms with Crippen LogP contribution < -0.4 is 15.1 Å². The number of rotatable bonds is 2. The molecule has 0 amide bonds. The largest absolute Gasteiger partial charge is 0.378 e. The van der Waals surface area contributed by atoms with Crippen LogP contribution in [-0.4, -0.2) is 32.4 Å². The highest BCUT2D eigenvalue weighted by Gasteiger charge is 2.23. The predicted molar refractivity (Wildman–Crippen MR) is 96.7 cm³/mol. The van der Waals surface area contributed by atoms with Crippen molar-refractivity contribution in [1.82, 2.24) is 0 Å². The summed E-state index contributed by atoms with van der Waals surface area (Å²) in [4.78, 5) is 5.73. The molecule has 4 nitrogen and oxygen atoms in total. The molecule has 1 heterocycles. The van der Waals surface area contributed by atoms with E-state index >= 15 is 0 Å². The third kappa shape index (κ3) is 2.78. The van der Waals surface area contributed by atoms with Crippen molar-refractivity contribution in [2.45, 2.75) is 9.79 Å². The maximum atomic E-state index is 12.8. The van der Waals surface area contributed by atoms with Crippen molar-refractivity contribution in [2.24, 2.45) is 0 Å². The molecule has 1 aliphatic rings. The SMILES string of the molecule is CN(C)c1ccc2c(c1)Nc1ccc(N(C)C)cc1S2=O.Cl. The van der Waals surface area contributed by atoms with Gasteiger partial charge >= 0.3 is 0 Å². The average molecular weight is 338 g/mol. The van der Waals surface area contributed by atoms with Crippen molar-refractivity contribution in [3.63, 3.8) is 0 Å². The van der Waals surface area contributed by atoms with Gasteiger partial charge in [-0.2, -0.15) is 0 Å². The van der Waals surface area contributed by atoms with Gasteiger partial charge < -0.3 is 15.1 Å². The molecule has 6 heteroatoms. The molecular formula is C16H20ClN3OS. The molecule has 22 heavy (non-hydrogen) atoms. The maximum Gasteiger partial charge on any atom is 0.0892 e. The van der Waals surface area contributed by atoms with Crippen LogP contribution in [0.15, 0.2) is 46.2 Å². The van der Waals surface area contributed by atoms with Crippen LogP contribution in [-0.2, 0) is 10.8 Å². The summed E-state index contributed by atoms with van der Waals surface area (Å²) < 4.78 is 12.8. The van der Waals surface area contributed by atoms with Gasteiger partial charge in [-0.1, -0.05) is 0 Å². The van der Waals surface area contributed by atoms with Crippen LogP contribution in [0.4, 0.5) is 22.7 Å². The lowest BCUT2D eigenvalue weighted by molar-refractivity contribution is 0.683. The monoisotopic (exact) mass is 337 g/mol. The Hall–Kier alpha value is -1.72. The summed E-state index contributed by atoms with van der Waals surface area (Å²) in [6.45, 7) is 0. The highest BCUT2D eigenvalue weighted by atomic mass is 35.5. The molecule has 0 aromatic heterocycles. The Morgan fingerprint density at radius 2 is 1.41 bits per heavy atom. The van der Waals surface area contributed by atoms with E-state index in [0.717, 1.165) is 32.5 Å². The molecule has 2 aromatic carbocycles. The summed E-state index contributed by atoms with van der Waals surface area (Å²) in [5, 5.41) is 3.39. The minimum Gasteiger partial charge on any atom is -0.378 e. The normalized spacial score (nSPS) is 15.0. The number of hydrogen-bond donors (Lipinski definition) is 1. The highest BCUT2D eigenvalue weighted by molar-refractivity contribution is 7.85. The van der Waals surface area contributed by atoms with Gasteiger partial charge in [-0.25, -0.2) is 4.21 Å². The van der Waals surface area contributed by atoms with Crippen LogP contribution >= 0.6 is 12.4 Å². The standard InChI is InChI=1S/C16H19N3OS.ClH/c1-18(2)11-6-8-15-14(9-11)17-13-7-5-12(19(3)4)10-16(13)21(15)20;/h5-10,17H,1-4H3;1H. The number of nitrogens with zero attached hydrogens (tertiary/aromatic N) is 2. The second-order valence-electron chi connectivity index (χ2n) is 5.54. The van der Waals surface area contributed by atoms with Crippen molar-refractivity contribution in [1.29, 1.82) is 0 Å². The Morgan fingerprint density at radius 1 is 0.818 bits per heavy atom. The zero-order valence-corrected chi connectivity index (χ0v) is 14.7. The summed E-state index contributed by atoms with van der Waals surface area (Å²) in [5.41, 5.74) is 3.98. The van der Waals surface area contributed by atoms with E-state index in [1.807, 2.05) is 74.4 Å². The van der Waals surface area contributed by atoms with E-state index in [1.54, 1.807) is 0 Å². The van der Waals surface area contributed by atoms with E-state index in [9.17, 15) is 4.21 Å². The molecule has 118 valence electrons. The molecule has 1 aliphatic heterocycles. The van der Waals surface area contributed by atoms with Gasteiger partial charge in [0, 0.05) is 39.6 Å². The van der Waals surface area contributed by atoms with E-state index in [2.05, 4.69) is 5.32 Å². The van der Waals surface area contributed by atoms with E-state index in [1.165, 1.54) is 0 Å². The second kappa shape index (κ2) is 6.18. The molecule has 0 spiro atoms. The fourth-order valence-corrected chi connectivity index (χ4v) is 3.65. The average Bonchev–Trinajstić information content (AvgIpc) is 2.46. The first-order chi connectivity index (χ1) is 9.97. The van der Waals surface area contributed by atoms with Crippen molar-refractivity contribution in [3.8, 4) is 0 Å². The van der Waals surface area contributed by atoms with Crippen LogP contribution in [0.25, 0.3) is 0 Å². The molecular weight excluding hydrogens is 318 g/mol. The maximum absolute atomic E-state index is 12.8. The smallest absolute Gasteiger partial charge is 0.0892 e. The van der Waals surface area contributed by atoms with Crippen LogP contribution in [0.5, 0.6) is 0 Å². The molecule has 0 radical (unpaired) electrons. The number of benzene rings is 2. The van der Waals surface area contributed by atoms with Crippen LogP contribution in [0.2, 0.25) is 0 Å². The van der Waals surface area contributed by atoms with Gasteiger partial charge in [0.05, 0.1) is 32.0 Å². The minimum absolute atomic E-state index is 0. The third-order valence-electron chi connectivity index (χ3n) is 3.63. The lowest BCUT2D eigenvalue weighted by atomic mass is 10.2. The van der Waals surface area contributed by atoms with Gasteiger partial charge in [0.2, 0.25) is 0 Å². The topological polar surface area (TPSA) is 35.6 Å². The summed E-state index contributed by atoms with van der Waals surface area (Å²) >= 11 is 0. The van der Waals surface area contributed by atoms with Crippen molar-refractivity contribution >= 4 is 46.0 Å². The van der Waals surface area contributed by atoms with Gasteiger partial charge in [0.15, 0.2) is 0 Å². The summed E-state index contributed by atoms with van der Waals surface area (Å²) in [6, 6.07) is 12.0. The molecule has 1 unspecified atom stereocenters. The number of nitrogens with one attached hydrogen (secondary N) is 1. The number of anilines is 4. The molecule has 0 saturated carbocycles. The minimum atomic E-state index is -1.15. The Balaban J connectivity index is 0.00000176. The first-order valence-corrected chi connectivity index (χ1v) is 7.94. The van der Waals surface area contributed by atoms with E-state index in [0.29, 0.717) is 0 Å². The fraction of sp³-hybridized carbons (Fsp3) is 0.250. The molecule has 0 bridgehead atoms. The zero-order valence-electron chi connectivity index (χ0n) is 13.1. The van der Waals surface area contributed by atoms with Gasteiger partial charge in [-0.3, -0.25) is 0 Å². The number of hydrogen-bond acceptors (Lipinski definition) is 4. The quantitative estimate of drug-likeness (QED) is 0.776. The van der Waals surface area contributed by atoms with E-state index in [4.69, 9.17) is 0 Å². The third-order valence-corrected chi connectivity index (χ3v) is 5.12. The molecule has 1 atom stereocenters.